The molecule has 1 heterocycles. The summed E-state index contributed by atoms with van der Waals surface area (Å²) in [7, 11) is -3.77. The number of thiocarbonyl (C=S) groups is 1. The van der Waals surface area contributed by atoms with Gasteiger partial charge in [-0.25, -0.2) is 23.1 Å². The average molecular weight is 442 g/mol. The van der Waals surface area contributed by atoms with Gasteiger partial charge in [-0.05, 0) is 73.1 Å². The van der Waals surface area contributed by atoms with Gasteiger partial charge >= 0.3 is 0 Å². The molecule has 0 radical (unpaired) electrons. The fourth-order valence-corrected chi connectivity index (χ4v) is 3.87. The van der Waals surface area contributed by atoms with Gasteiger partial charge < -0.3 is 10.6 Å². The highest BCUT2D eigenvalue weighted by Crippen LogP contribution is 2.17. The summed E-state index contributed by atoms with van der Waals surface area (Å²) < 4.78 is 27.2. The number of anilines is 3. The monoisotopic (exact) mass is 441 g/mol. The van der Waals surface area contributed by atoms with Crippen molar-refractivity contribution in [3.05, 3.63) is 72.6 Å². The van der Waals surface area contributed by atoms with Crippen LogP contribution in [0.4, 0.5) is 17.3 Å². The van der Waals surface area contributed by atoms with Gasteiger partial charge in [0.05, 0.1) is 4.90 Å². The highest BCUT2D eigenvalue weighted by atomic mass is 32.2. The van der Waals surface area contributed by atoms with E-state index in [9.17, 15) is 8.42 Å². The Labute approximate surface area is 182 Å². The second-order valence-electron chi connectivity index (χ2n) is 6.58. The second kappa shape index (κ2) is 10.1. The van der Waals surface area contributed by atoms with Crippen LogP contribution in [-0.4, -0.2) is 23.5 Å². The Morgan fingerprint density at radius 1 is 0.933 bits per heavy atom. The normalized spacial score (nSPS) is 11.0. The van der Waals surface area contributed by atoms with E-state index in [1.54, 1.807) is 18.2 Å². The smallest absolute Gasteiger partial charge is 0.264 e. The average Bonchev–Trinajstić information content (AvgIpc) is 2.74. The predicted octanol–water partition coefficient (Wildman–Crippen LogP) is 4.43. The van der Waals surface area contributed by atoms with Gasteiger partial charge in [0.1, 0.15) is 0 Å². The third-order valence-electron chi connectivity index (χ3n) is 4.24. The molecule has 0 spiro atoms. The number of nitrogens with zero attached hydrogens (tertiary/aromatic N) is 2. The first-order chi connectivity index (χ1) is 14.5. The first-order valence-electron chi connectivity index (χ1n) is 9.53. The number of sulfonamides is 1. The molecule has 0 aliphatic rings. The lowest BCUT2D eigenvalue weighted by molar-refractivity contribution is 0.601. The first kappa shape index (κ1) is 21.7. The number of nitrogens with one attached hydrogen (secondary N) is 3. The Bertz CT molecular complexity index is 1070. The molecule has 2 aromatic carbocycles. The molecule has 0 saturated heterocycles. The molecule has 1 aromatic heterocycles. The highest BCUT2D eigenvalue weighted by Gasteiger charge is 2.15. The first-order valence-corrected chi connectivity index (χ1v) is 11.4. The van der Waals surface area contributed by atoms with Gasteiger partial charge in [-0.1, -0.05) is 25.5 Å². The van der Waals surface area contributed by atoms with Crippen molar-refractivity contribution in [1.82, 2.24) is 9.97 Å². The molecular weight excluding hydrogens is 418 g/mol. The number of rotatable bonds is 8. The molecule has 30 heavy (non-hydrogen) atoms. The van der Waals surface area contributed by atoms with Crippen LogP contribution in [0.5, 0.6) is 0 Å². The minimum absolute atomic E-state index is 0.0193. The maximum Gasteiger partial charge on any atom is 0.264 e. The maximum absolute atomic E-state index is 12.4. The maximum atomic E-state index is 12.4. The molecule has 0 saturated carbocycles. The van der Waals surface area contributed by atoms with Crippen LogP contribution in [0, 0.1) is 0 Å². The number of aromatic nitrogens is 2. The standard InChI is InChI=1S/C21H23N5O2S2/c1-2-3-5-16-6-8-17(9-7-16)24-21(29)25-18-10-12-19(13-11-18)30(27,28)26-20-22-14-4-15-23-20/h4,6-15H,2-3,5H2,1H3,(H,22,23,26)(H2,24,25,29). The summed E-state index contributed by atoms with van der Waals surface area (Å²) >= 11 is 5.34. The number of hydrogen-bond donors (Lipinski definition) is 3. The SMILES string of the molecule is CCCCc1ccc(NC(=S)Nc2ccc(S(=O)(=O)Nc3ncccn3)cc2)cc1. The Kier molecular flexibility index (Phi) is 7.31. The molecule has 3 rings (SSSR count). The van der Waals surface area contributed by atoms with Crippen LogP contribution in [0.1, 0.15) is 25.3 Å². The van der Waals surface area contributed by atoms with E-state index in [1.165, 1.54) is 42.9 Å². The second-order valence-corrected chi connectivity index (χ2v) is 8.67. The Hall–Kier alpha value is -3.04. The van der Waals surface area contributed by atoms with Gasteiger partial charge in [-0.3, -0.25) is 0 Å². The van der Waals surface area contributed by atoms with E-state index in [1.807, 2.05) is 12.1 Å². The molecule has 3 N–H and O–H groups in total. The summed E-state index contributed by atoms with van der Waals surface area (Å²) in [5.74, 6) is 0.0193. The van der Waals surface area contributed by atoms with Crippen molar-refractivity contribution < 1.29 is 8.42 Å². The van der Waals surface area contributed by atoms with Gasteiger partial charge in [0.15, 0.2) is 5.11 Å². The molecular formula is C21H23N5O2S2. The summed E-state index contributed by atoms with van der Waals surface area (Å²) in [5, 5.41) is 6.59. The van der Waals surface area contributed by atoms with Crippen molar-refractivity contribution in [2.75, 3.05) is 15.4 Å². The number of aryl methyl sites for hydroxylation is 1. The highest BCUT2D eigenvalue weighted by molar-refractivity contribution is 7.92. The Morgan fingerprint density at radius 3 is 2.07 bits per heavy atom. The zero-order chi connectivity index (χ0) is 21.4. The molecule has 0 aliphatic carbocycles. The minimum atomic E-state index is -3.77. The Morgan fingerprint density at radius 2 is 1.50 bits per heavy atom. The molecule has 0 fully saturated rings. The van der Waals surface area contributed by atoms with Gasteiger partial charge in [0, 0.05) is 23.8 Å². The van der Waals surface area contributed by atoms with Gasteiger partial charge in [-0.15, -0.1) is 0 Å². The summed E-state index contributed by atoms with van der Waals surface area (Å²) in [4.78, 5) is 7.83. The topological polar surface area (TPSA) is 96.0 Å². The largest absolute Gasteiger partial charge is 0.332 e. The molecule has 0 aliphatic heterocycles. The predicted molar refractivity (Wildman–Crippen MR) is 124 cm³/mol. The lowest BCUT2D eigenvalue weighted by atomic mass is 10.1. The molecule has 3 aromatic rings. The quantitative estimate of drug-likeness (QED) is 0.445. The van der Waals surface area contributed by atoms with Crippen molar-refractivity contribution in [2.24, 2.45) is 0 Å². The van der Waals surface area contributed by atoms with E-state index < -0.39 is 10.0 Å². The van der Waals surface area contributed by atoms with Crippen LogP contribution in [0.15, 0.2) is 71.9 Å². The van der Waals surface area contributed by atoms with E-state index in [2.05, 4.69) is 44.4 Å². The molecule has 0 atom stereocenters. The summed E-state index contributed by atoms with van der Waals surface area (Å²) in [6.45, 7) is 2.18. The van der Waals surface area contributed by atoms with E-state index in [4.69, 9.17) is 12.2 Å². The van der Waals surface area contributed by atoms with Gasteiger partial charge in [-0.2, -0.15) is 0 Å². The Balaban J connectivity index is 1.57. The lowest BCUT2D eigenvalue weighted by Crippen LogP contribution is -2.19. The van der Waals surface area contributed by atoms with Crippen molar-refractivity contribution in [1.29, 1.82) is 0 Å². The number of unbranched alkanes of at least 4 members (excludes halogenated alkanes) is 1. The molecule has 0 amide bonds. The van der Waals surface area contributed by atoms with Crippen LogP contribution in [0.3, 0.4) is 0 Å². The van der Waals surface area contributed by atoms with Crippen LogP contribution in [-0.2, 0) is 16.4 Å². The van der Waals surface area contributed by atoms with E-state index >= 15 is 0 Å². The van der Waals surface area contributed by atoms with E-state index in [-0.39, 0.29) is 10.8 Å². The van der Waals surface area contributed by atoms with Crippen LogP contribution in [0.25, 0.3) is 0 Å². The molecule has 9 heteroatoms. The molecule has 0 unspecified atom stereocenters. The summed E-state index contributed by atoms with van der Waals surface area (Å²) in [5.41, 5.74) is 2.86. The number of benzene rings is 2. The third-order valence-corrected chi connectivity index (χ3v) is 5.79. The molecule has 0 bridgehead atoms. The van der Waals surface area contributed by atoms with Gasteiger partial charge in [0.25, 0.3) is 10.0 Å². The zero-order valence-electron chi connectivity index (χ0n) is 16.5. The van der Waals surface area contributed by atoms with Crippen molar-refractivity contribution >= 4 is 44.7 Å². The lowest BCUT2D eigenvalue weighted by Gasteiger charge is -2.12. The zero-order valence-corrected chi connectivity index (χ0v) is 18.1. The van der Waals surface area contributed by atoms with Crippen molar-refractivity contribution in [3.63, 3.8) is 0 Å². The fraction of sp³-hybridized carbons (Fsp3) is 0.190. The number of hydrogen-bond acceptors (Lipinski definition) is 5. The van der Waals surface area contributed by atoms with Crippen molar-refractivity contribution in [3.8, 4) is 0 Å². The van der Waals surface area contributed by atoms with Crippen LogP contribution >= 0.6 is 12.2 Å². The minimum Gasteiger partial charge on any atom is -0.332 e. The molecule has 156 valence electrons. The third kappa shape index (κ3) is 6.23. The van der Waals surface area contributed by atoms with Gasteiger partial charge in [0.2, 0.25) is 5.95 Å². The van der Waals surface area contributed by atoms with Crippen LogP contribution < -0.4 is 15.4 Å². The van der Waals surface area contributed by atoms with Crippen LogP contribution in [0.2, 0.25) is 0 Å². The van der Waals surface area contributed by atoms with E-state index in [0.717, 1.165) is 12.1 Å². The summed E-state index contributed by atoms with van der Waals surface area (Å²) in [6, 6.07) is 16.0. The fourth-order valence-electron chi connectivity index (χ4n) is 2.68. The van der Waals surface area contributed by atoms with Crippen molar-refractivity contribution in [2.45, 2.75) is 31.1 Å². The van der Waals surface area contributed by atoms with E-state index in [0.29, 0.717) is 10.8 Å². The molecule has 7 nitrogen and oxygen atoms in total. The summed E-state index contributed by atoms with van der Waals surface area (Å²) in [6.07, 6.45) is 6.34.